The number of carbonyl (C=O) groups excluding carboxylic acids is 2. The summed E-state index contributed by atoms with van der Waals surface area (Å²) in [5.41, 5.74) is 3.23. The standard InChI is InChI=1S/C24H31N3O2/c1-19-10-7-8-11-20(19)16-23(28)26(3)22-14-9-15-27(17-22)24(29)18-25(2)21-12-5-4-6-13-21/h4-8,10-13,22H,9,14-18H2,1-3H3. The Kier molecular flexibility index (Phi) is 6.91. The van der Waals surface area contributed by atoms with Gasteiger partial charge in [-0.2, -0.15) is 0 Å². The van der Waals surface area contributed by atoms with Crippen LogP contribution in [0.3, 0.4) is 0 Å². The molecule has 5 nitrogen and oxygen atoms in total. The van der Waals surface area contributed by atoms with Crippen molar-refractivity contribution >= 4 is 17.5 Å². The summed E-state index contributed by atoms with van der Waals surface area (Å²) < 4.78 is 0. The van der Waals surface area contributed by atoms with Crippen LogP contribution in [0.2, 0.25) is 0 Å². The van der Waals surface area contributed by atoms with Gasteiger partial charge in [0.05, 0.1) is 13.0 Å². The fraction of sp³-hybridized carbons (Fsp3) is 0.417. The highest BCUT2D eigenvalue weighted by atomic mass is 16.2. The Bertz CT molecular complexity index is 837. The number of hydrogen-bond donors (Lipinski definition) is 0. The number of anilines is 1. The van der Waals surface area contributed by atoms with Crippen LogP contribution in [0.25, 0.3) is 0 Å². The molecule has 29 heavy (non-hydrogen) atoms. The van der Waals surface area contributed by atoms with E-state index in [1.165, 1.54) is 0 Å². The van der Waals surface area contributed by atoms with Gasteiger partial charge in [-0.25, -0.2) is 0 Å². The molecule has 5 heteroatoms. The normalized spacial score (nSPS) is 16.4. The summed E-state index contributed by atoms with van der Waals surface area (Å²) in [5.74, 6) is 0.223. The van der Waals surface area contributed by atoms with Crippen molar-refractivity contribution in [3.05, 3.63) is 65.7 Å². The zero-order valence-electron chi connectivity index (χ0n) is 17.7. The van der Waals surface area contributed by atoms with E-state index in [0.29, 0.717) is 19.5 Å². The third-order valence-electron chi connectivity index (χ3n) is 5.86. The lowest BCUT2D eigenvalue weighted by Gasteiger charge is -2.38. The van der Waals surface area contributed by atoms with Gasteiger partial charge in [0.1, 0.15) is 0 Å². The van der Waals surface area contributed by atoms with Gasteiger partial charge in [-0.1, -0.05) is 42.5 Å². The van der Waals surface area contributed by atoms with Crippen LogP contribution in [0.5, 0.6) is 0 Å². The largest absolute Gasteiger partial charge is 0.365 e. The van der Waals surface area contributed by atoms with Gasteiger partial charge >= 0.3 is 0 Å². The highest BCUT2D eigenvalue weighted by Crippen LogP contribution is 2.18. The van der Waals surface area contributed by atoms with Gasteiger partial charge in [-0.3, -0.25) is 9.59 Å². The van der Waals surface area contributed by atoms with Crippen molar-refractivity contribution in [2.45, 2.75) is 32.2 Å². The van der Waals surface area contributed by atoms with Gasteiger partial charge < -0.3 is 14.7 Å². The molecule has 0 radical (unpaired) electrons. The molecule has 1 aliphatic rings. The number of para-hydroxylation sites is 1. The molecule has 2 aromatic rings. The summed E-state index contributed by atoms with van der Waals surface area (Å²) in [6, 6.07) is 18.0. The summed E-state index contributed by atoms with van der Waals surface area (Å²) >= 11 is 0. The van der Waals surface area contributed by atoms with Crippen molar-refractivity contribution < 1.29 is 9.59 Å². The Morgan fingerprint density at radius 3 is 2.45 bits per heavy atom. The lowest BCUT2D eigenvalue weighted by molar-refractivity contribution is -0.137. The van der Waals surface area contributed by atoms with E-state index in [1.54, 1.807) is 0 Å². The molecule has 154 valence electrons. The maximum atomic E-state index is 12.8. The Morgan fingerprint density at radius 1 is 1.03 bits per heavy atom. The molecule has 1 aliphatic heterocycles. The number of aryl methyl sites for hydroxylation is 1. The second-order valence-corrected chi connectivity index (χ2v) is 7.94. The molecule has 0 N–H and O–H groups in total. The predicted octanol–water partition coefficient (Wildman–Crippen LogP) is 3.12. The van der Waals surface area contributed by atoms with Crippen LogP contribution in [-0.2, 0) is 16.0 Å². The number of amides is 2. The fourth-order valence-electron chi connectivity index (χ4n) is 3.87. The van der Waals surface area contributed by atoms with Crippen molar-refractivity contribution in [3.63, 3.8) is 0 Å². The molecule has 3 rings (SSSR count). The fourth-order valence-corrected chi connectivity index (χ4v) is 3.87. The summed E-state index contributed by atoms with van der Waals surface area (Å²) in [7, 11) is 3.81. The molecule has 0 aromatic heterocycles. The van der Waals surface area contributed by atoms with Crippen LogP contribution in [0.4, 0.5) is 5.69 Å². The van der Waals surface area contributed by atoms with Crippen LogP contribution < -0.4 is 4.90 Å². The zero-order chi connectivity index (χ0) is 20.8. The van der Waals surface area contributed by atoms with Crippen LogP contribution in [0.15, 0.2) is 54.6 Å². The van der Waals surface area contributed by atoms with Gasteiger partial charge in [0, 0.05) is 38.9 Å². The minimum atomic E-state index is 0.0752. The second-order valence-electron chi connectivity index (χ2n) is 7.94. The summed E-state index contributed by atoms with van der Waals surface area (Å²) in [6.07, 6.45) is 2.27. The molecular formula is C24H31N3O2. The molecular weight excluding hydrogens is 362 g/mol. The molecule has 0 aliphatic carbocycles. The number of nitrogens with zero attached hydrogens (tertiary/aromatic N) is 3. The SMILES string of the molecule is Cc1ccccc1CC(=O)N(C)C1CCCN(C(=O)CN(C)c2ccccc2)C1. The molecule has 0 spiro atoms. The minimum absolute atomic E-state index is 0.0752. The lowest BCUT2D eigenvalue weighted by Crippen LogP contribution is -2.52. The number of likely N-dealkylation sites (N-methyl/N-ethyl adjacent to an activating group) is 2. The Morgan fingerprint density at radius 2 is 1.72 bits per heavy atom. The van der Waals surface area contributed by atoms with Gasteiger partial charge in [0.25, 0.3) is 0 Å². The molecule has 0 bridgehead atoms. The van der Waals surface area contributed by atoms with Crippen molar-refractivity contribution in [2.75, 3.05) is 38.6 Å². The average molecular weight is 394 g/mol. The number of hydrogen-bond acceptors (Lipinski definition) is 3. The molecule has 0 saturated carbocycles. The molecule has 2 amide bonds. The van der Waals surface area contributed by atoms with E-state index < -0.39 is 0 Å². The lowest BCUT2D eigenvalue weighted by atomic mass is 10.0. The number of carbonyl (C=O) groups is 2. The Balaban J connectivity index is 1.57. The molecule has 1 fully saturated rings. The molecule has 2 aromatic carbocycles. The van der Waals surface area contributed by atoms with Crippen molar-refractivity contribution in [2.24, 2.45) is 0 Å². The second kappa shape index (κ2) is 9.59. The first kappa shape index (κ1) is 20.9. The Labute approximate surface area is 173 Å². The first-order chi connectivity index (χ1) is 14.0. The van der Waals surface area contributed by atoms with Gasteiger partial charge in [-0.15, -0.1) is 0 Å². The summed E-state index contributed by atoms with van der Waals surface area (Å²) in [5, 5.41) is 0. The monoisotopic (exact) mass is 393 g/mol. The first-order valence-corrected chi connectivity index (χ1v) is 10.3. The molecule has 1 atom stereocenters. The number of piperidine rings is 1. The van der Waals surface area contributed by atoms with E-state index in [4.69, 9.17) is 0 Å². The Hall–Kier alpha value is -2.82. The maximum Gasteiger partial charge on any atom is 0.242 e. The van der Waals surface area contributed by atoms with E-state index in [0.717, 1.165) is 36.2 Å². The van der Waals surface area contributed by atoms with Gasteiger partial charge in [0.15, 0.2) is 0 Å². The van der Waals surface area contributed by atoms with E-state index in [-0.39, 0.29) is 17.9 Å². The first-order valence-electron chi connectivity index (χ1n) is 10.3. The number of benzene rings is 2. The topological polar surface area (TPSA) is 43.9 Å². The minimum Gasteiger partial charge on any atom is -0.365 e. The van der Waals surface area contributed by atoms with Crippen LogP contribution in [0, 0.1) is 6.92 Å². The van der Waals surface area contributed by atoms with E-state index in [9.17, 15) is 9.59 Å². The van der Waals surface area contributed by atoms with Crippen molar-refractivity contribution in [1.82, 2.24) is 9.80 Å². The third kappa shape index (κ3) is 5.37. The molecule has 1 unspecified atom stereocenters. The van der Waals surface area contributed by atoms with Crippen molar-refractivity contribution in [3.8, 4) is 0 Å². The van der Waals surface area contributed by atoms with Crippen LogP contribution in [0.1, 0.15) is 24.0 Å². The van der Waals surface area contributed by atoms with Crippen LogP contribution >= 0.6 is 0 Å². The molecule has 1 saturated heterocycles. The van der Waals surface area contributed by atoms with Crippen LogP contribution in [-0.4, -0.2) is 61.4 Å². The van der Waals surface area contributed by atoms with Crippen molar-refractivity contribution in [1.29, 1.82) is 0 Å². The summed E-state index contributed by atoms with van der Waals surface area (Å²) in [4.78, 5) is 31.4. The smallest absolute Gasteiger partial charge is 0.242 e. The maximum absolute atomic E-state index is 12.8. The average Bonchev–Trinajstić information content (AvgIpc) is 2.75. The van der Waals surface area contributed by atoms with Gasteiger partial charge in [0.2, 0.25) is 11.8 Å². The molecule has 1 heterocycles. The number of likely N-dealkylation sites (tertiary alicyclic amines) is 1. The van der Waals surface area contributed by atoms with E-state index in [1.807, 2.05) is 90.3 Å². The zero-order valence-corrected chi connectivity index (χ0v) is 17.7. The summed E-state index contributed by atoms with van der Waals surface area (Å²) in [6.45, 7) is 3.75. The van der Waals surface area contributed by atoms with E-state index >= 15 is 0 Å². The highest BCUT2D eigenvalue weighted by molar-refractivity contribution is 5.82. The highest BCUT2D eigenvalue weighted by Gasteiger charge is 2.29. The number of rotatable bonds is 6. The third-order valence-corrected chi connectivity index (χ3v) is 5.86. The quantitative estimate of drug-likeness (QED) is 0.757. The van der Waals surface area contributed by atoms with Gasteiger partial charge in [-0.05, 0) is 43.0 Å². The predicted molar refractivity (Wildman–Crippen MR) is 117 cm³/mol. The van der Waals surface area contributed by atoms with E-state index in [2.05, 4.69) is 0 Å².